The van der Waals surface area contributed by atoms with E-state index in [0.29, 0.717) is 25.1 Å². The lowest BCUT2D eigenvalue weighted by Crippen LogP contribution is -2.63. The fraction of sp³-hybridized carbons (Fsp3) is 0.708. The Morgan fingerprint density at radius 1 is 1.19 bits per heavy atom. The Morgan fingerprint density at radius 2 is 1.91 bits per heavy atom. The first-order valence-electron chi connectivity index (χ1n) is 11.5. The molecule has 2 saturated carbocycles. The minimum Gasteiger partial charge on any atom is -0.393 e. The summed E-state index contributed by atoms with van der Waals surface area (Å²) < 4.78 is 38.9. The number of carbonyl (C=O) groups is 1. The highest BCUT2D eigenvalue weighted by molar-refractivity contribution is 5.76. The molecule has 7 atom stereocenters. The highest BCUT2D eigenvalue weighted by Crippen LogP contribution is 2.62. The SMILES string of the molecule is C[C@@]12CO[C@@H](CN)O[C@@H]1CC[C@]1(C)C2CC[C@@H](O)[C@H]1CC(=O)NCc1cc(F)cc(F)c1. The van der Waals surface area contributed by atoms with Crippen molar-refractivity contribution in [3.8, 4) is 0 Å². The maximum Gasteiger partial charge on any atom is 0.220 e. The summed E-state index contributed by atoms with van der Waals surface area (Å²) in [6.45, 7) is 5.29. The number of nitrogens with one attached hydrogen (secondary N) is 1. The lowest BCUT2D eigenvalue weighted by Gasteiger charge is -2.62. The second kappa shape index (κ2) is 8.97. The number of benzene rings is 1. The minimum absolute atomic E-state index is 0.0401. The zero-order valence-electron chi connectivity index (χ0n) is 18.8. The van der Waals surface area contributed by atoms with Gasteiger partial charge in [-0.15, -0.1) is 0 Å². The molecule has 178 valence electrons. The monoisotopic (exact) mass is 452 g/mol. The van der Waals surface area contributed by atoms with Crippen molar-refractivity contribution in [3.63, 3.8) is 0 Å². The van der Waals surface area contributed by atoms with Crippen molar-refractivity contribution in [2.45, 2.75) is 71.0 Å². The Hall–Kier alpha value is -1.61. The van der Waals surface area contributed by atoms with Crippen LogP contribution in [0.1, 0.15) is 51.5 Å². The summed E-state index contributed by atoms with van der Waals surface area (Å²) in [5.41, 5.74) is 5.66. The molecule has 0 aromatic heterocycles. The molecule has 1 unspecified atom stereocenters. The standard InChI is InChI=1S/C24H34F2N2O4/c1-23-6-5-20-24(2,13-31-22(11-27)32-20)19(23)4-3-18(29)17(23)10-21(30)28-12-14-7-15(25)9-16(26)8-14/h7-9,17-20,22,29H,3-6,10-13,27H2,1-2H3,(H,28,30)/t17-,18-,19?,20-,22-,23+,24+/m1/s1. The largest absolute Gasteiger partial charge is 0.393 e. The maximum atomic E-state index is 13.4. The number of halogens is 2. The molecule has 1 saturated heterocycles. The van der Waals surface area contributed by atoms with E-state index in [1.54, 1.807) is 0 Å². The topological polar surface area (TPSA) is 93.8 Å². The molecule has 2 aliphatic carbocycles. The van der Waals surface area contributed by atoms with Crippen LogP contribution in [0.2, 0.25) is 0 Å². The number of aliphatic hydroxyl groups is 1. The summed E-state index contributed by atoms with van der Waals surface area (Å²) >= 11 is 0. The number of aliphatic hydroxyl groups excluding tert-OH is 1. The molecule has 4 N–H and O–H groups in total. The van der Waals surface area contributed by atoms with Crippen molar-refractivity contribution >= 4 is 5.91 Å². The van der Waals surface area contributed by atoms with Gasteiger partial charge >= 0.3 is 0 Å². The van der Waals surface area contributed by atoms with Gasteiger partial charge in [-0.3, -0.25) is 4.79 Å². The number of amides is 1. The van der Waals surface area contributed by atoms with E-state index in [4.69, 9.17) is 15.2 Å². The van der Waals surface area contributed by atoms with Crippen molar-refractivity contribution in [3.05, 3.63) is 35.4 Å². The van der Waals surface area contributed by atoms with Gasteiger partial charge < -0.3 is 25.6 Å². The Morgan fingerprint density at radius 3 is 2.59 bits per heavy atom. The van der Waals surface area contributed by atoms with E-state index in [1.807, 2.05) is 0 Å². The van der Waals surface area contributed by atoms with E-state index in [0.717, 1.165) is 25.3 Å². The molecular weight excluding hydrogens is 418 g/mol. The summed E-state index contributed by atoms with van der Waals surface area (Å²) in [6.07, 6.45) is 2.42. The summed E-state index contributed by atoms with van der Waals surface area (Å²) in [5.74, 6) is -1.55. The van der Waals surface area contributed by atoms with Gasteiger partial charge in [-0.2, -0.15) is 0 Å². The number of nitrogens with two attached hydrogens (primary N) is 1. The van der Waals surface area contributed by atoms with E-state index >= 15 is 0 Å². The zero-order valence-corrected chi connectivity index (χ0v) is 18.8. The van der Waals surface area contributed by atoms with Crippen molar-refractivity contribution < 1.29 is 28.2 Å². The average Bonchev–Trinajstić information content (AvgIpc) is 2.73. The smallest absolute Gasteiger partial charge is 0.220 e. The Kier molecular flexibility index (Phi) is 6.60. The zero-order chi connectivity index (χ0) is 23.1. The van der Waals surface area contributed by atoms with Crippen LogP contribution in [0.3, 0.4) is 0 Å². The molecule has 6 nitrogen and oxygen atoms in total. The van der Waals surface area contributed by atoms with Gasteiger partial charge in [0.05, 0.1) is 18.8 Å². The highest BCUT2D eigenvalue weighted by atomic mass is 19.1. The van der Waals surface area contributed by atoms with Crippen LogP contribution in [0.25, 0.3) is 0 Å². The van der Waals surface area contributed by atoms with E-state index in [-0.39, 0.29) is 53.9 Å². The summed E-state index contributed by atoms with van der Waals surface area (Å²) in [4.78, 5) is 12.8. The molecule has 1 amide bonds. The van der Waals surface area contributed by atoms with Crippen molar-refractivity contribution in [1.82, 2.24) is 5.32 Å². The van der Waals surface area contributed by atoms with Gasteiger partial charge in [0, 0.05) is 31.0 Å². The van der Waals surface area contributed by atoms with Gasteiger partial charge in [0.25, 0.3) is 0 Å². The van der Waals surface area contributed by atoms with Crippen LogP contribution in [0.4, 0.5) is 8.78 Å². The quantitative estimate of drug-likeness (QED) is 0.639. The third-order valence-corrected chi connectivity index (χ3v) is 8.24. The molecule has 3 fully saturated rings. The Balaban J connectivity index is 1.46. The van der Waals surface area contributed by atoms with Crippen LogP contribution in [0, 0.1) is 34.3 Å². The molecule has 0 spiro atoms. The van der Waals surface area contributed by atoms with Gasteiger partial charge in [0.15, 0.2) is 6.29 Å². The number of ether oxygens (including phenoxy) is 2. The van der Waals surface area contributed by atoms with Gasteiger partial charge in [0.2, 0.25) is 5.91 Å². The third kappa shape index (κ3) is 4.30. The molecule has 32 heavy (non-hydrogen) atoms. The second-order valence-electron chi connectivity index (χ2n) is 10.2. The first-order chi connectivity index (χ1) is 15.2. The molecule has 1 heterocycles. The van der Waals surface area contributed by atoms with Crippen molar-refractivity contribution in [2.75, 3.05) is 13.2 Å². The van der Waals surface area contributed by atoms with Gasteiger partial charge in [-0.1, -0.05) is 13.8 Å². The predicted octanol–water partition coefficient (Wildman–Crippen LogP) is 2.86. The van der Waals surface area contributed by atoms with Gasteiger partial charge in [0.1, 0.15) is 11.6 Å². The second-order valence-corrected chi connectivity index (χ2v) is 10.2. The van der Waals surface area contributed by atoms with Crippen LogP contribution in [0.15, 0.2) is 18.2 Å². The Bertz CT molecular complexity index is 835. The Labute approximate surface area is 187 Å². The van der Waals surface area contributed by atoms with Crippen LogP contribution in [-0.4, -0.2) is 42.7 Å². The van der Waals surface area contributed by atoms with Crippen LogP contribution in [-0.2, 0) is 20.8 Å². The van der Waals surface area contributed by atoms with Crippen LogP contribution in [0.5, 0.6) is 0 Å². The third-order valence-electron chi connectivity index (χ3n) is 8.24. The lowest BCUT2D eigenvalue weighted by molar-refractivity contribution is -0.305. The van der Waals surface area contributed by atoms with Crippen molar-refractivity contribution in [2.24, 2.45) is 28.4 Å². The summed E-state index contributed by atoms with van der Waals surface area (Å²) in [5, 5.41) is 13.6. The molecule has 3 aliphatic rings. The molecule has 0 radical (unpaired) electrons. The van der Waals surface area contributed by atoms with Crippen LogP contribution >= 0.6 is 0 Å². The molecule has 1 aromatic rings. The normalized spacial score (nSPS) is 39.1. The molecule has 8 heteroatoms. The minimum atomic E-state index is -0.675. The molecule has 1 aromatic carbocycles. The first-order valence-corrected chi connectivity index (χ1v) is 11.5. The van der Waals surface area contributed by atoms with Crippen LogP contribution < -0.4 is 11.1 Å². The fourth-order valence-electron chi connectivity index (χ4n) is 6.60. The predicted molar refractivity (Wildman–Crippen MR) is 114 cm³/mol. The molecule has 0 bridgehead atoms. The number of fused-ring (bicyclic) bond motifs is 3. The van der Waals surface area contributed by atoms with E-state index in [9.17, 15) is 18.7 Å². The number of rotatable bonds is 5. The molecule has 4 rings (SSSR count). The fourth-order valence-corrected chi connectivity index (χ4v) is 6.60. The number of carbonyl (C=O) groups excluding carboxylic acids is 1. The number of hydrogen-bond donors (Lipinski definition) is 3. The lowest BCUT2D eigenvalue weighted by atomic mass is 9.46. The van der Waals surface area contributed by atoms with Crippen molar-refractivity contribution in [1.29, 1.82) is 0 Å². The molecule has 1 aliphatic heterocycles. The van der Waals surface area contributed by atoms with Gasteiger partial charge in [-0.25, -0.2) is 8.78 Å². The van der Waals surface area contributed by atoms with E-state index < -0.39 is 17.7 Å². The average molecular weight is 453 g/mol. The van der Waals surface area contributed by atoms with E-state index in [2.05, 4.69) is 19.2 Å². The van der Waals surface area contributed by atoms with E-state index in [1.165, 1.54) is 12.1 Å². The first kappa shape index (κ1) is 23.5. The molecular formula is C24H34F2N2O4. The maximum absolute atomic E-state index is 13.4. The summed E-state index contributed by atoms with van der Waals surface area (Å²) in [7, 11) is 0. The number of hydrogen-bond acceptors (Lipinski definition) is 5. The highest BCUT2D eigenvalue weighted by Gasteiger charge is 2.61. The summed E-state index contributed by atoms with van der Waals surface area (Å²) in [6, 6.07) is 3.21. The van der Waals surface area contributed by atoms with Gasteiger partial charge in [-0.05, 0) is 60.6 Å².